The summed E-state index contributed by atoms with van der Waals surface area (Å²) in [4.78, 5) is 28.5. The Hall–Kier alpha value is -4.24. The Kier molecular flexibility index (Phi) is 6.64. The van der Waals surface area contributed by atoms with Gasteiger partial charge in [0.25, 0.3) is 5.91 Å². The van der Waals surface area contributed by atoms with Gasteiger partial charge in [0.15, 0.2) is 0 Å². The van der Waals surface area contributed by atoms with Crippen molar-refractivity contribution in [2.75, 3.05) is 41.8 Å². The van der Waals surface area contributed by atoms with Crippen LogP contribution in [0.5, 0.6) is 5.75 Å². The molecule has 36 heavy (non-hydrogen) atoms. The van der Waals surface area contributed by atoms with E-state index in [-0.39, 0.29) is 17.7 Å². The number of nitrogens with zero attached hydrogens (tertiary/aromatic N) is 4. The first-order valence-corrected chi connectivity index (χ1v) is 11.9. The number of aromatic hydroxyl groups is 1. The van der Waals surface area contributed by atoms with Crippen molar-refractivity contribution in [1.29, 1.82) is 0 Å². The van der Waals surface area contributed by atoms with Crippen LogP contribution in [0.15, 0.2) is 60.9 Å². The van der Waals surface area contributed by atoms with E-state index in [1.165, 1.54) is 0 Å². The Bertz CT molecular complexity index is 1400. The smallest absolute Gasteiger partial charge is 0.255 e. The number of amides is 1. The SMILES string of the molecule is CC(C)Nc1ncc2cc(-c3cccc(C(=O)Nc4ccnc(N5CCOCC5)c4)c3)c(O)cc2n1. The van der Waals surface area contributed by atoms with Gasteiger partial charge in [0.05, 0.1) is 18.7 Å². The molecule has 0 unspecified atom stereocenters. The molecule has 3 N–H and O–H groups in total. The number of carbonyl (C=O) groups excluding carboxylic acids is 1. The van der Waals surface area contributed by atoms with E-state index in [1.54, 1.807) is 42.7 Å². The number of hydrogen-bond donors (Lipinski definition) is 3. The Labute approximate surface area is 209 Å². The number of benzene rings is 2. The monoisotopic (exact) mass is 484 g/mol. The second-order valence-corrected chi connectivity index (χ2v) is 8.96. The fraction of sp³-hybridized carbons (Fsp3) is 0.259. The minimum atomic E-state index is -0.246. The summed E-state index contributed by atoms with van der Waals surface area (Å²) in [6.07, 6.45) is 3.41. The van der Waals surface area contributed by atoms with Gasteiger partial charge in [-0.2, -0.15) is 0 Å². The lowest BCUT2D eigenvalue weighted by molar-refractivity contribution is 0.102. The number of nitrogens with one attached hydrogen (secondary N) is 2. The molecule has 0 spiro atoms. The number of carbonyl (C=O) groups is 1. The lowest BCUT2D eigenvalue weighted by Gasteiger charge is -2.28. The summed E-state index contributed by atoms with van der Waals surface area (Å²) >= 11 is 0. The first-order chi connectivity index (χ1) is 17.5. The van der Waals surface area contributed by atoms with Crippen LogP contribution in [0.1, 0.15) is 24.2 Å². The van der Waals surface area contributed by atoms with Crippen molar-refractivity contribution in [2.45, 2.75) is 19.9 Å². The standard InChI is InChI=1S/C27H28N6O3/c1-17(2)30-27-29-16-20-13-22(24(34)15-23(20)32-27)18-4-3-5-19(12-18)26(35)31-21-6-7-28-25(14-21)33-8-10-36-11-9-33/h3-7,12-17,34H,8-11H2,1-2H3,(H,28,31,35)(H,29,30,32). The van der Waals surface area contributed by atoms with Gasteiger partial charge in [-0.15, -0.1) is 0 Å². The van der Waals surface area contributed by atoms with Crippen LogP contribution in [0.2, 0.25) is 0 Å². The topological polar surface area (TPSA) is 112 Å². The van der Waals surface area contributed by atoms with Crippen molar-refractivity contribution in [3.63, 3.8) is 0 Å². The van der Waals surface area contributed by atoms with Crippen LogP contribution < -0.4 is 15.5 Å². The highest BCUT2D eigenvalue weighted by Gasteiger charge is 2.15. The summed E-state index contributed by atoms with van der Waals surface area (Å²) in [5, 5.41) is 17.7. The van der Waals surface area contributed by atoms with Gasteiger partial charge in [0.1, 0.15) is 11.6 Å². The van der Waals surface area contributed by atoms with Crippen molar-refractivity contribution in [3.05, 3.63) is 66.5 Å². The van der Waals surface area contributed by atoms with Crippen molar-refractivity contribution >= 4 is 34.3 Å². The van der Waals surface area contributed by atoms with E-state index in [0.29, 0.717) is 41.5 Å². The molecule has 1 aliphatic heterocycles. The largest absolute Gasteiger partial charge is 0.507 e. The summed E-state index contributed by atoms with van der Waals surface area (Å²) in [6.45, 7) is 6.87. The lowest BCUT2D eigenvalue weighted by Crippen LogP contribution is -2.36. The van der Waals surface area contributed by atoms with Crippen LogP contribution in [0.25, 0.3) is 22.0 Å². The molecule has 2 aromatic carbocycles. The molecule has 0 bridgehead atoms. The number of pyridine rings is 1. The predicted octanol–water partition coefficient (Wildman–Crippen LogP) is 4.31. The molecule has 0 radical (unpaired) electrons. The number of rotatable bonds is 6. The highest BCUT2D eigenvalue weighted by molar-refractivity contribution is 6.05. The third-order valence-corrected chi connectivity index (χ3v) is 5.89. The maximum absolute atomic E-state index is 13.1. The van der Waals surface area contributed by atoms with Gasteiger partial charge >= 0.3 is 0 Å². The molecule has 9 nitrogen and oxygen atoms in total. The van der Waals surface area contributed by atoms with E-state index >= 15 is 0 Å². The Morgan fingerprint density at radius 3 is 2.72 bits per heavy atom. The summed E-state index contributed by atoms with van der Waals surface area (Å²) < 4.78 is 5.41. The van der Waals surface area contributed by atoms with E-state index in [2.05, 4.69) is 30.5 Å². The summed E-state index contributed by atoms with van der Waals surface area (Å²) in [7, 11) is 0. The minimum Gasteiger partial charge on any atom is -0.507 e. The second-order valence-electron chi connectivity index (χ2n) is 8.96. The summed E-state index contributed by atoms with van der Waals surface area (Å²) in [6, 6.07) is 14.4. The molecule has 5 rings (SSSR count). The summed E-state index contributed by atoms with van der Waals surface area (Å²) in [5.74, 6) is 1.15. The first-order valence-electron chi connectivity index (χ1n) is 11.9. The van der Waals surface area contributed by atoms with Crippen molar-refractivity contribution in [2.24, 2.45) is 0 Å². The second kappa shape index (κ2) is 10.2. The van der Waals surface area contributed by atoms with Crippen LogP contribution in [-0.4, -0.2) is 58.3 Å². The highest BCUT2D eigenvalue weighted by atomic mass is 16.5. The number of hydrogen-bond acceptors (Lipinski definition) is 8. The maximum atomic E-state index is 13.1. The average Bonchev–Trinajstić information content (AvgIpc) is 2.88. The molecule has 0 atom stereocenters. The van der Waals surface area contributed by atoms with Crippen molar-refractivity contribution in [1.82, 2.24) is 15.0 Å². The van der Waals surface area contributed by atoms with E-state index in [4.69, 9.17) is 4.74 Å². The fourth-order valence-electron chi connectivity index (χ4n) is 4.12. The Morgan fingerprint density at radius 1 is 1.08 bits per heavy atom. The number of fused-ring (bicyclic) bond motifs is 1. The Balaban J connectivity index is 1.37. The highest BCUT2D eigenvalue weighted by Crippen LogP contribution is 2.33. The number of ether oxygens (including phenoxy) is 1. The molecule has 0 aliphatic carbocycles. The zero-order chi connectivity index (χ0) is 25.1. The van der Waals surface area contributed by atoms with Gasteiger partial charge in [-0.3, -0.25) is 4.79 Å². The predicted molar refractivity (Wildman–Crippen MR) is 141 cm³/mol. The quantitative estimate of drug-likeness (QED) is 0.371. The molecule has 1 aliphatic rings. The van der Waals surface area contributed by atoms with Crippen LogP contribution in [0, 0.1) is 0 Å². The third-order valence-electron chi connectivity index (χ3n) is 5.89. The molecule has 1 fully saturated rings. The van der Waals surface area contributed by atoms with Crippen LogP contribution in [-0.2, 0) is 4.74 Å². The van der Waals surface area contributed by atoms with Gasteiger partial charge in [-0.05, 0) is 43.7 Å². The van der Waals surface area contributed by atoms with Gasteiger partial charge in [-0.1, -0.05) is 12.1 Å². The number of anilines is 3. The first kappa shape index (κ1) is 23.5. The molecular formula is C27H28N6O3. The molecule has 184 valence electrons. The van der Waals surface area contributed by atoms with E-state index in [1.807, 2.05) is 32.0 Å². The minimum absolute atomic E-state index is 0.0820. The van der Waals surface area contributed by atoms with E-state index in [9.17, 15) is 9.90 Å². The lowest BCUT2D eigenvalue weighted by atomic mass is 10.00. The molecule has 0 saturated carbocycles. The molecule has 3 heterocycles. The zero-order valence-electron chi connectivity index (χ0n) is 20.2. The Morgan fingerprint density at radius 2 is 1.92 bits per heavy atom. The molecule has 2 aromatic heterocycles. The average molecular weight is 485 g/mol. The van der Waals surface area contributed by atoms with Gasteiger partial charge in [0.2, 0.25) is 5.95 Å². The fourth-order valence-corrected chi connectivity index (χ4v) is 4.12. The normalized spacial score (nSPS) is 13.7. The van der Waals surface area contributed by atoms with Gasteiger partial charge in [0, 0.05) is 65.9 Å². The van der Waals surface area contributed by atoms with Gasteiger partial charge < -0.3 is 25.4 Å². The van der Waals surface area contributed by atoms with Gasteiger partial charge in [-0.25, -0.2) is 15.0 Å². The van der Waals surface area contributed by atoms with Crippen LogP contribution >= 0.6 is 0 Å². The maximum Gasteiger partial charge on any atom is 0.255 e. The van der Waals surface area contributed by atoms with Crippen LogP contribution in [0.4, 0.5) is 17.5 Å². The summed E-state index contributed by atoms with van der Waals surface area (Å²) in [5.41, 5.74) is 3.10. The number of morpholine rings is 1. The third kappa shape index (κ3) is 5.21. The molecule has 9 heteroatoms. The number of phenols is 1. The van der Waals surface area contributed by atoms with Crippen molar-refractivity contribution < 1.29 is 14.6 Å². The molecule has 1 amide bonds. The molecule has 4 aromatic rings. The molecule has 1 saturated heterocycles. The van der Waals surface area contributed by atoms with Crippen molar-refractivity contribution in [3.8, 4) is 16.9 Å². The number of aromatic nitrogens is 3. The van der Waals surface area contributed by atoms with E-state index in [0.717, 1.165) is 29.9 Å². The number of phenolic OH excluding ortho intramolecular Hbond substituents is 1. The van der Waals surface area contributed by atoms with Crippen LogP contribution in [0.3, 0.4) is 0 Å². The van der Waals surface area contributed by atoms with E-state index < -0.39 is 0 Å². The molecular weight excluding hydrogens is 456 g/mol. The zero-order valence-corrected chi connectivity index (χ0v) is 20.2.